The van der Waals surface area contributed by atoms with Crippen LogP contribution < -0.4 is 42.6 Å². The number of hydrogen-bond acceptors (Lipinski definition) is 14. The maximum Gasteiger partial charge on any atom is 3.00 e. The Bertz CT molecular complexity index is 983. The van der Waals surface area contributed by atoms with Crippen molar-refractivity contribution in [2.75, 3.05) is 6.54 Å². The van der Waals surface area contributed by atoms with Crippen LogP contribution in [0.4, 0.5) is 0 Å². The fraction of sp³-hybridized carbons (Fsp3) is 0.200. The summed E-state index contributed by atoms with van der Waals surface area (Å²) in [6.45, 7) is 1.84. The molecule has 0 saturated carbocycles. The molecule has 0 fully saturated rings. The monoisotopic (exact) mass is 631 g/mol. The van der Waals surface area contributed by atoms with E-state index in [1.165, 1.54) is 0 Å². The number of nitrogens with zero attached hydrogens (tertiary/aromatic N) is 5. The van der Waals surface area contributed by atoms with E-state index < -0.39 is 20.5 Å². The maximum atomic E-state index is 12.4. The fourth-order valence-corrected chi connectivity index (χ4v) is 2.56. The van der Waals surface area contributed by atoms with Crippen molar-refractivity contribution < 1.29 is 84.4 Å². The first kappa shape index (κ1) is 38.5. The van der Waals surface area contributed by atoms with Gasteiger partial charge in [0.05, 0.1) is 30.2 Å². The molecule has 16 nitrogen and oxygen atoms in total. The first-order valence-electron chi connectivity index (χ1n) is 9.90. The predicted molar refractivity (Wildman–Crippen MR) is 101 cm³/mol. The summed E-state index contributed by atoms with van der Waals surface area (Å²) in [5, 5.41) is 2.92. The van der Waals surface area contributed by atoms with Crippen molar-refractivity contribution in [3.8, 4) is 0 Å². The molecule has 0 spiro atoms. The fourth-order valence-electron chi connectivity index (χ4n) is 2.56. The molecule has 0 unspecified atom stereocenters. The Morgan fingerprint density at radius 3 is 1.36 bits per heavy atom. The van der Waals surface area contributed by atoms with E-state index in [4.69, 9.17) is 47.5 Å². The molecule has 3 aromatic heterocycles. The molecule has 3 rings (SSSR count). The van der Waals surface area contributed by atoms with Crippen molar-refractivity contribution in [2.24, 2.45) is 0 Å². The molecule has 1 radical (unpaired) electrons. The number of rotatable bonds is 8. The van der Waals surface area contributed by atoms with Crippen LogP contribution in [-0.4, -0.2) is 32.3 Å². The molecule has 0 atom stereocenters. The van der Waals surface area contributed by atoms with Gasteiger partial charge in [-0.25, -0.2) is 37.3 Å². The number of halogens is 2. The molecule has 3 aromatic rings. The minimum Gasteiger partial charge on any atom is -0.349 e. The van der Waals surface area contributed by atoms with E-state index in [1.54, 1.807) is 18.6 Å². The van der Waals surface area contributed by atoms with E-state index in [9.17, 15) is 4.79 Å². The first-order valence-corrected chi connectivity index (χ1v) is 12.4. The third-order valence-corrected chi connectivity index (χ3v) is 3.78. The normalized spacial score (nSPS) is 10.2. The third-order valence-electron chi connectivity index (χ3n) is 3.78. The predicted octanol–water partition coefficient (Wildman–Crippen LogP) is -7.43. The van der Waals surface area contributed by atoms with E-state index in [2.05, 4.69) is 20.3 Å². The summed E-state index contributed by atoms with van der Waals surface area (Å²) in [7, 11) is -9.89. The molecule has 211 valence electrons. The Labute approximate surface area is 237 Å². The zero-order valence-electron chi connectivity index (χ0n) is 19.7. The number of pyridine rings is 3. The van der Waals surface area contributed by atoms with Gasteiger partial charge in [-0.3, -0.25) is 24.6 Å². The van der Waals surface area contributed by atoms with Crippen molar-refractivity contribution in [2.45, 2.75) is 19.6 Å². The van der Waals surface area contributed by atoms with E-state index >= 15 is 0 Å². The van der Waals surface area contributed by atoms with E-state index in [0.29, 0.717) is 19.6 Å². The molecular formula is C20H21Cl2FeN6O10+2. The molecular weight excluding hydrogens is 611 g/mol. The minimum atomic E-state index is -4.94. The van der Waals surface area contributed by atoms with Gasteiger partial charge in [-0.1, -0.05) is 18.2 Å². The maximum absolute atomic E-state index is 12.4. The van der Waals surface area contributed by atoms with Crippen LogP contribution in [0.1, 0.15) is 17.1 Å². The number of carbonyl (C=O) groups is 1. The second-order valence-electron chi connectivity index (χ2n) is 6.64. The zero-order chi connectivity index (χ0) is 29.0. The summed E-state index contributed by atoms with van der Waals surface area (Å²) in [6, 6.07) is 17.2. The van der Waals surface area contributed by atoms with Crippen LogP contribution in [0, 0.1) is 25.9 Å². The van der Waals surface area contributed by atoms with Gasteiger partial charge >= 0.3 is 27.3 Å². The molecule has 0 saturated heterocycles. The van der Waals surface area contributed by atoms with E-state index in [1.807, 2.05) is 59.5 Å². The second-order valence-corrected chi connectivity index (χ2v) is 8.15. The summed E-state index contributed by atoms with van der Waals surface area (Å²) >= 11 is 0. The average Bonchev–Trinajstić information content (AvgIpc) is 2.84. The van der Waals surface area contributed by atoms with Crippen molar-refractivity contribution in [1.29, 1.82) is 5.46 Å². The Morgan fingerprint density at radius 2 is 1.05 bits per heavy atom. The summed E-state index contributed by atoms with van der Waals surface area (Å²) in [5.74, 6) is -0.0532. The van der Waals surface area contributed by atoms with Gasteiger partial charge in [-0.15, -0.1) is 20.5 Å². The molecule has 3 heterocycles. The number of amides is 1. The molecule has 1 amide bonds. The van der Waals surface area contributed by atoms with Crippen LogP contribution in [-0.2, 0) is 46.3 Å². The van der Waals surface area contributed by atoms with Crippen LogP contribution in [0.15, 0.2) is 73.2 Å². The van der Waals surface area contributed by atoms with Crippen LogP contribution in [0.3, 0.4) is 0 Å². The summed E-state index contributed by atoms with van der Waals surface area (Å²) < 4.78 is 75.2. The summed E-state index contributed by atoms with van der Waals surface area (Å²) in [5.41, 5.74) is 8.42. The molecule has 0 aliphatic heterocycles. The Hall–Kier alpha value is -2.67. The largest absolute Gasteiger partial charge is 3.00 e. The smallest absolute Gasteiger partial charge is 0.349 e. The van der Waals surface area contributed by atoms with E-state index in [0.717, 1.165) is 17.1 Å². The van der Waals surface area contributed by atoms with Crippen molar-refractivity contribution in [1.82, 2.24) is 25.2 Å². The molecule has 0 aliphatic rings. The standard InChI is InChI=1S/C20H21N5O.2ClHO4.Fe.NO/c26-20(24-13-17-7-1-4-10-21-17)16-25(14-18-8-2-5-11-22-18)15-19-9-3-6-12-23-19;2*2-1(3,4)5;;1-2/h1-12H,13-16H2,(H,24,26);2*(H,2,3,4,5);;/q;;;+3;+1/p-2. The van der Waals surface area contributed by atoms with Gasteiger partial charge in [0.2, 0.25) is 5.91 Å². The Balaban J connectivity index is 0. The first-order chi connectivity index (χ1) is 17.8. The Kier molecular flexibility index (Phi) is 20.9. The van der Waals surface area contributed by atoms with Crippen molar-refractivity contribution in [3.05, 3.63) is 90.3 Å². The summed E-state index contributed by atoms with van der Waals surface area (Å²) in [6.07, 6.45) is 5.24. The molecule has 39 heavy (non-hydrogen) atoms. The van der Waals surface area contributed by atoms with Crippen molar-refractivity contribution in [3.63, 3.8) is 0 Å². The van der Waals surface area contributed by atoms with Gasteiger partial charge in [0, 0.05) is 31.7 Å². The number of carbonyl (C=O) groups excluding carboxylic acids is 1. The quantitative estimate of drug-likeness (QED) is 0.178. The van der Waals surface area contributed by atoms with Gasteiger partial charge in [0.15, 0.2) is 0 Å². The number of hydrogen-bond donors (Lipinski definition) is 1. The number of aromatic nitrogens is 3. The van der Waals surface area contributed by atoms with Gasteiger partial charge in [-0.2, -0.15) is 0 Å². The molecule has 0 aliphatic carbocycles. The van der Waals surface area contributed by atoms with Crippen molar-refractivity contribution >= 4 is 5.91 Å². The molecule has 0 bridgehead atoms. The van der Waals surface area contributed by atoms with Crippen LogP contribution >= 0.6 is 0 Å². The van der Waals surface area contributed by atoms with Gasteiger partial charge in [0.25, 0.3) is 0 Å². The third kappa shape index (κ3) is 26.7. The van der Waals surface area contributed by atoms with E-state index in [-0.39, 0.29) is 29.5 Å². The van der Waals surface area contributed by atoms with Crippen LogP contribution in [0.5, 0.6) is 0 Å². The van der Waals surface area contributed by atoms with Crippen LogP contribution in [0.2, 0.25) is 0 Å². The summed E-state index contributed by atoms with van der Waals surface area (Å²) in [4.78, 5) is 27.3. The minimum absolute atomic E-state index is 0. The molecule has 19 heteroatoms. The van der Waals surface area contributed by atoms with Gasteiger partial charge in [-0.05, 0) is 36.4 Å². The number of nitrogens with one attached hydrogen (secondary N) is 1. The topological polar surface area (TPSA) is 299 Å². The molecule has 1 N–H and O–H groups in total. The second kappa shape index (κ2) is 21.2. The van der Waals surface area contributed by atoms with Gasteiger partial charge in [0.1, 0.15) is 0 Å². The average molecular weight is 632 g/mol. The SMILES string of the molecule is N#[O+].O=C(CN(Cc1ccccn1)Cc1ccccn1)NCc1ccccn1.[Fe+3].[O-][Cl+3]([O-])([O-])[O-].[O-][Cl+3]([O-])([O-])[O-]. The van der Waals surface area contributed by atoms with Gasteiger partial charge < -0.3 is 5.32 Å². The zero-order valence-corrected chi connectivity index (χ0v) is 22.3. The molecule has 0 aromatic carbocycles. The Morgan fingerprint density at radius 1 is 0.718 bits per heavy atom. The van der Waals surface area contributed by atoms with Crippen LogP contribution in [0.25, 0.3) is 0 Å².